The van der Waals surface area contributed by atoms with Gasteiger partial charge in [0.05, 0.1) is 5.56 Å². The van der Waals surface area contributed by atoms with Crippen LogP contribution in [0.15, 0.2) is 159 Å². The summed E-state index contributed by atoms with van der Waals surface area (Å²) in [5.41, 5.74) is 5.45. The molecule has 3 aliphatic carbocycles. The molecule has 5 aromatic carbocycles. The first kappa shape index (κ1) is 42.2. The average Bonchev–Trinajstić information content (AvgIpc) is 4.17. The van der Waals surface area contributed by atoms with Crippen molar-refractivity contribution in [2.45, 2.75) is 6.92 Å². The summed E-state index contributed by atoms with van der Waals surface area (Å²) in [5, 5.41) is 0. The number of ether oxygens (including phenoxy) is 1. The number of nitrogens with zero attached hydrogens (tertiary/aromatic N) is 4. The maximum atomic E-state index is 12.6. The van der Waals surface area contributed by atoms with Crippen molar-refractivity contribution in [3.63, 3.8) is 0 Å². The molecule has 14 nitrogen and oxygen atoms in total. The van der Waals surface area contributed by atoms with Crippen LogP contribution >= 0.6 is 0 Å². The van der Waals surface area contributed by atoms with Crippen LogP contribution < -0.4 is 4.74 Å². The van der Waals surface area contributed by atoms with E-state index in [0.29, 0.717) is 56.1 Å². The molecule has 0 unspecified atom stereocenters. The summed E-state index contributed by atoms with van der Waals surface area (Å²) < 4.78 is 22.0. The number of aryl methyl sites for hydroxylation is 1. The van der Waals surface area contributed by atoms with Crippen LogP contribution in [-0.2, 0) is 0 Å². The lowest BCUT2D eigenvalue weighted by Gasteiger charge is -2.10. The van der Waals surface area contributed by atoms with Crippen molar-refractivity contribution in [3.05, 3.63) is 219 Å². The van der Waals surface area contributed by atoms with Crippen LogP contribution in [-0.4, -0.2) is 61.2 Å². The van der Waals surface area contributed by atoms with E-state index in [-0.39, 0.29) is 87.5 Å². The highest BCUT2D eigenvalue weighted by molar-refractivity contribution is 6.28. The highest BCUT2D eigenvalue weighted by Gasteiger charge is 2.37. The van der Waals surface area contributed by atoms with E-state index in [9.17, 15) is 28.8 Å². The lowest BCUT2D eigenvalue weighted by Crippen LogP contribution is -2.19. The van der Waals surface area contributed by atoms with Gasteiger partial charge >= 0.3 is 0 Å². The maximum absolute atomic E-state index is 12.6. The molecule has 0 atom stereocenters. The Bertz CT molecular complexity index is 3440. The molecule has 68 heavy (non-hydrogen) atoms. The van der Waals surface area contributed by atoms with E-state index in [2.05, 4.69) is 25.9 Å². The minimum atomic E-state index is -0.335. The third kappa shape index (κ3) is 7.51. The number of carbonyl (C=O) groups excluding carboxylic acids is 6. The van der Waals surface area contributed by atoms with Gasteiger partial charge in [0, 0.05) is 56.9 Å². The average molecular weight is 895 g/mol. The van der Waals surface area contributed by atoms with E-state index in [0.717, 1.165) is 11.1 Å². The molecule has 0 saturated carbocycles. The van der Waals surface area contributed by atoms with Crippen molar-refractivity contribution in [1.82, 2.24) is 19.9 Å². The monoisotopic (exact) mass is 894 g/mol. The van der Waals surface area contributed by atoms with Gasteiger partial charge in [0.25, 0.3) is 0 Å². The molecule has 0 spiro atoms. The number of rotatable bonds is 5. The van der Waals surface area contributed by atoms with Gasteiger partial charge in [-0.3, -0.25) is 33.8 Å². The van der Waals surface area contributed by atoms with Crippen LogP contribution in [0.5, 0.6) is 5.75 Å². The van der Waals surface area contributed by atoms with Gasteiger partial charge < -0.3 is 18.0 Å². The van der Waals surface area contributed by atoms with E-state index in [4.69, 9.17) is 24.4 Å². The molecule has 326 valence electrons. The Labute approximate surface area is 385 Å². The standard InChI is InChI=1S/C20H11NO4.C18H11NO3.C16H8N2O3/c1-2-11-24-13-9-7-12(8-10-13)20-21-16-17(22)14-5-3-4-6-15(14)18(23)19(16)25-20;1-10-6-8-11(9-7-10)18-19-14-15(20)12-4-2-3-5-13(12)16(21)17(14)22-18;19-13-10-5-1-2-6-11(10)14(20)15-12(13)18-16(21-15)9-4-3-7-17-8-9/h1,3-10H,11H2;2-9H,1H3;1-8H. The fraction of sp³-hybridized carbons (Fsp3) is 0.0370. The van der Waals surface area contributed by atoms with Gasteiger partial charge in [0.2, 0.25) is 69.7 Å². The fourth-order valence-corrected chi connectivity index (χ4v) is 7.65. The number of benzene rings is 5. The van der Waals surface area contributed by atoms with Crippen molar-refractivity contribution >= 4 is 34.7 Å². The second kappa shape index (κ2) is 17.3. The number of terminal acetylenes is 1. The molecular weight excluding hydrogens is 865 g/mol. The summed E-state index contributed by atoms with van der Waals surface area (Å²) in [6, 6.07) is 38.0. The zero-order chi connectivity index (χ0) is 47.1. The van der Waals surface area contributed by atoms with E-state index >= 15 is 0 Å². The molecule has 3 aliphatic rings. The van der Waals surface area contributed by atoms with Gasteiger partial charge in [0.15, 0.2) is 17.1 Å². The number of hydrogen-bond donors (Lipinski definition) is 0. The number of carbonyl (C=O) groups is 6. The molecule has 0 fully saturated rings. The fourth-order valence-electron chi connectivity index (χ4n) is 7.65. The van der Waals surface area contributed by atoms with Gasteiger partial charge in [-0.25, -0.2) is 15.0 Å². The zero-order valence-electron chi connectivity index (χ0n) is 35.5. The van der Waals surface area contributed by atoms with Crippen molar-refractivity contribution in [1.29, 1.82) is 0 Å². The van der Waals surface area contributed by atoms with Gasteiger partial charge in [0.1, 0.15) is 12.4 Å². The summed E-state index contributed by atoms with van der Waals surface area (Å²) in [6.45, 7) is 2.15. The summed E-state index contributed by atoms with van der Waals surface area (Å²) in [5.74, 6) is 1.90. The number of pyridine rings is 1. The van der Waals surface area contributed by atoms with E-state index in [1.165, 1.54) is 0 Å². The van der Waals surface area contributed by atoms with Gasteiger partial charge in [-0.05, 0) is 55.5 Å². The third-order valence-electron chi connectivity index (χ3n) is 11.0. The number of oxazole rings is 3. The molecule has 0 saturated heterocycles. The highest BCUT2D eigenvalue weighted by atomic mass is 16.5. The quantitative estimate of drug-likeness (QED) is 0.148. The normalized spacial score (nSPS) is 12.7. The van der Waals surface area contributed by atoms with Crippen molar-refractivity contribution in [2.24, 2.45) is 0 Å². The van der Waals surface area contributed by atoms with Crippen LogP contribution in [0.1, 0.15) is 102 Å². The number of ketones is 6. The SMILES string of the molecule is C#CCOc1ccc(-c2nc3c(o2)C(=O)c2ccccc2C3=O)cc1.Cc1ccc(-c2nc3c(o2)C(=O)c2ccccc2C3=O)cc1.O=C1c2ccccc2C(=O)c2oc(-c3cccnc3)nc21. The maximum Gasteiger partial charge on any atom is 0.231 e. The first-order valence-electron chi connectivity index (χ1n) is 20.8. The predicted molar refractivity (Wildman–Crippen MR) is 243 cm³/mol. The van der Waals surface area contributed by atoms with E-state index < -0.39 is 0 Å². The van der Waals surface area contributed by atoms with Crippen LogP contribution in [0.3, 0.4) is 0 Å². The smallest absolute Gasteiger partial charge is 0.231 e. The lowest BCUT2D eigenvalue weighted by atomic mass is 9.91. The molecular formula is C54H30N4O10. The largest absolute Gasteiger partial charge is 0.481 e. The second-order valence-corrected chi connectivity index (χ2v) is 15.3. The third-order valence-corrected chi connectivity index (χ3v) is 11.0. The van der Waals surface area contributed by atoms with Crippen LogP contribution in [0.25, 0.3) is 34.4 Å². The summed E-state index contributed by atoms with van der Waals surface area (Å²) in [4.78, 5) is 91.5. The molecule has 12 rings (SSSR count). The Hall–Kier alpha value is -9.74. The van der Waals surface area contributed by atoms with Crippen LogP contribution in [0.4, 0.5) is 0 Å². The van der Waals surface area contributed by atoms with Crippen molar-refractivity contribution in [2.75, 3.05) is 6.61 Å². The van der Waals surface area contributed by atoms with Crippen LogP contribution in [0, 0.1) is 19.3 Å². The summed E-state index contributed by atoms with van der Waals surface area (Å²) >= 11 is 0. The van der Waals surface area contributed by atoms with Gasteiger partial charge in [-0.1, -0.05) is 96.4 Å². The van der Waals surface area contributed by atoms with Crippen molar-refractivity contribution < 1.29 is 46.8 Å². The summed E-state index contributed by atoms with van der Waals surface area (Å²) in [7, 11) is 0. The molecule has 14 heteroatoms. The number of aromatic nitrogens is 4. The minimum Gasteiger partial charge on any atom is -0.481 e. The Balaban J connectivity index is 0.000000119. The van der Waals surface area contributed by atoms with E-state index in [1.807, 2.05) is 31.2 Å². The van der Waals surface area contributed by atoms with Crippen LogP contribution in [0.2, 0.25) is 0 Å². The number of hydrogen-bond acceptors (Lipinski definition) is 14. The number of fused-ring (bicyclic) bond motifs is 6. The molecule has 0 aliphatic heterocycles. The Morgan fingerprint density at radius 2 is 0.824 bits per heavy atom. The molecule has 4 aromatic heterocycles. The molecule has 0 bridgehead atoms. The molecule has 4 heterocycles. The van der Waals surface area contributed by atoms with Crippen molar-refractivity contribution in [3.8, 4) is 52.5 Å². The summed E-state index contributed by atoms with van der Waals surface area (Å²) in [6.07, 6.45) is 8.34. The lowest BCUT2D eigenvalue weighted by molar-refractivity contribution is 0.0959. The highest BCUT2D eigenvalue weighted by Crippen LogP contribution is 2.34. The zero-order valence-corrected chi connectivity index (χ0v) is 35.5. The first-order valence-corrected chi connectivity index (χ1v) is 20.8. The van der Waals surface area contributed by atoms with Gasteiger partial charge in [-0.15, -0.1) is 6.42 Å². The topological polar surface area (TPSA) is 203 Å². The Kier molecular flexibility index (Phi) is 10.8. The Morgan fingerprint density at radius 1 is 0.456 bits per heavy atom. The minimum absolute atomic E-state index is 0.00227. The molecule has 9 aromatic rings. The Morgan fingerprint density at radius 3 is 1.19 bits per heavy atom. The molecule has 0 N–H and O–H groups in total. The molecule has 0 amide bonds. The molecule has 0 radical (unpaired) electrons. The second-order valence-electron chi connectivity index (χ2n) is 15.3. The first-order chi connectivity index (χ1) is 33.1. The predicted octanol–water partition coefficient (Wildman–Crippen LogP) is 9.07. The van der Waals surface area contributed by atoms with Gasteiger partial charge in [-0.2, -0.15) is 0 Å². The van der Waals surface area contributed by atoms with E-state index in [1.54, 1.807) is 122 Å².